The van der Waals surface area contributed by atoms with Crippen LogP contribution < -0.4 is 0 Å². The standard InChI is InChI=1S/C13H13N3O2/c1-15-10-14-9-13(15)8-12(16(17)18)7-11-5-3-2-4-6-11/h2-6,8-10H,7H2,1H3. The Bertz CT molecular complexity index is 573. The molecular formula is C13H13N3O2. The number of aromatic nitrogens is 2. The van der Waals surface area contributed by atoms with E-state index in [0.29, 0.717) is 6.42 Å². The van der Waals surface area contributed by atoms with Crippen LogP contribution in [0.4, 0.5) is 0 Å². The Kier molecular flexibility index (Phi) is 3.52. The topological polar surface area (TPSA) is 61.0 Å². The molecule has 0 N–H and O–H groups in total. The number of allylic oxidation sites excluding steroid dienone is 1. The van der Waals surface area contributed by atoms with Gasteiger partial charge in [-0.3, -0.25) is 10.1 Å². The molecule has 1 heterocycles. The summed E-state index contributed by atoms with van der Waals surface area (Å²) in [6.07, 6.45) is 5.08. The van der Waals surface area contributed by atoms with Crippen LogP contribution in [0.5, 0.6) is 0 Å². The van der Waals surface area contributed by atoms with Gasteiger partial charge in [0.15, 0.2) is 0 Å². The quantitative estimate of drug-likeness (QED) is 0.611. The highest BCUT2D eigenvalue weighted by Crippen LogP contribution is 2.12. The first kappa shape index (κ1) is 12.0. The minimum atomic E-state index is -0.347. The van der Waals surface area contributed by atoms with Gasteiger partial charge in [-0.25, -0.2) is 4.98 Å². The lowest BCUT2D eigenvalue weighted by atomic mass is 10.1. The van der Waals surface area contributed by atoms with Crippen LogP contribution in [0.15, 0.2) is 48.6 Å². The third kappa shape index (κ3) is 2.82. The Morgan fingerprint density at radius 3 is 2.72 bits per heavy atom. The molecule has 18 heavy (non-hydrogen) atoms. The molecule has 2 aromatic rings. The summed E-state index contributed by atoms with van der Waals surface area (Å²) >= 11 is 0. The second-order valence-electron chi connectivity index (χ2n) is 3.98. The molecule has 0 aliphatic carbocycles. The van der Waals surface area contributed by atoms with E-state index in [1.807, 2.05) is 30.3 Å². The van der Waals surface area contributed by atoms with Gasteiger partial charge in [0.05, 0.1) is 29.6 Å². The molecule has 0 saturated carbocycles. The summed E-state index contributed by atoms with van der Waals surface area (Å²) in [5.74, 6) is 0. The molecule has 0 spiro atoms. The van der Waals surface area contributed by atoms with Crippen molar-refractivity contribution in [2.45, 2.75) is 6.42 Å². The molecule has 2 rings (SSSR count). The van der Waals surface area contributed by atoms with E-state index in [1.165, 1.54) is 0 Å². The van der Waals surface area contributed by atoms with Crippen molar-refractivity contribution in [2.75, 3.05) is 0 Å². The molecule has 5 nitrogen and oxygen atoms in total. The van der Waals surface area contributed by atoms with Gasteiger partial charge in [0, 0.05) is 13.1 Å². The number of nitro groups is 1. The predicted molar refractivity (Wildman–Crippen MR) is 68.3 cm³/mol. The fourth-order valence-electron chi connectivity index (χ4n) is 1.65. The van der Waals surface area contributed by atoms with E-state index in [-0.39, 0.29) is 10.6 Å². The van der Waals surface area contributed by atoms with Crippen LogP contribution in [0, 0.1) is 10.1 Å². The third-order valence-electron chi connectivity index (χ3n) is 2.63. The summed E-state index contributed by atoms with van der Waals surface area (Å²) in [5.41, 5.74) is 1.80. The number of benzene rings is 1. The van der Waals surface area contributed by atoms with Crippen LogP contribution >= 0.6 is 0 Å². The number of rotatable bonds is 4. The summed E-state index contributed by atoms with van der Waals surface area (Å²) in [6, 6.07) is 9.38. The second-order valence-corrected chi connectivity index (χ2v) is 3.98. The van der Waals surface area contributed by atoms with Crippen molar-refractivity contribution in [3.05, 3.63) is 69.9 Å². The van der Waals surface area contributed by atoms with Crippen LogP contribution in [-0.4, -0.2) is 14.5 Å². The summed E-state index contributed by atoms with van der Waals surface area (Å²) in [4.78, 5) is 14.6. The fraction of sp³-hybridized carbons (Fsp3) is 0.154. The van der Waals surface area contributed by atoms with Crippen LogP contribution in [0.25, 0.3) is 6.08 Å². The molecule has 92 valence electrons. The zero-order valence-electron chi connectivity index (χ0n) is 9.98. The molecular weight excluding hydrogens is 230 g/mol. The smallest absolute Gasteiger partial charge is 0.252 e. The third-order valence-corrected chi connectivity index (χ3v) is 2.63. The van der Waals surface area contributed by atoms with Crippen molar-refractivity contribution in [3.8, 4) is 0 Å². The second kappa shape index (κ2) is 5.27. The van der Waals surface area contributed by atoms with Gasteiger partial charge in [0.25, 0.3) is 5.70 Å². The number of imidazole rings is 1. The lowest BCUT2D eigenvalue weighted by Gasteiger charge is -2.00. The van der Waals surface area contributed by atoms with Gasteiger partial charge in [-0.05, 0) is 5.56 Å². The van der Waals surface area contributed by atoms with Gasteiger partial charge in [0.2, 0.25) is 0 Å². The number of aryl methyl sites for hydroxylation is 1. The van der Waals surface area contributed by atoms with Crippen molar-refractivity contribution < 1.29 is 4.92 Å². The summed E-state index contributed by atoms with van der Waals surface area (Å²) in [5, 5.41) is 11.0. The lowest BCUT2D eigenvalue weighted by Crippen LogP contribution is -2.03. The molecule has 0 unspecified atom stereocenters. The zero-order valence-corrected chi connectivity index (χ0v) is 9.98. The average molecular weight is 243 g/mol. The number of hydrogen-bond donors (Lipinski definition) is 0. The molecule has 0 radical (unpaired) electrons. The molecule has 0 fully saturated rings. The maximum Gasteiger partial charge on any atom is 0.252 e. The first-order valence-electron chi connectivity index (χ1n) is 5.52. The van der Waals surface area contributed by atoms with Crippen molar-refractivity contribution in [1.82, 2.24) is 9.55 Å². The van der Waals surface area contributed by atoms with E-state index in [2.05, 4.69) is 4.98 Å². The zero-order chi connectivity index (χ0) is 13.0. The fourth-order valence-corrected chi connectivity index (χ4v) is 1.65. The molecule has 5 heteroatoms. The molecule has 0 saturated heterocycles. The molecule has 1 aromatic carbocycles. The van der Waals surface area contributed by atoms with Crippen molar-refractivity contribution in [2.24, 2.45) is 7.05 Å². The van der Waals surface area contributed by atoms with E-state index in [1.54, 1.807) is 30.2 Å². The maximum absolute atomic E-state index is 11.0. The molecule has 0 bridgehead atoms. The van der Waals surface area contributed by atoms with E-state index >= 15 is 0 Å². The largest absolute Gasteiger partial charge is 0.334 e. The van der Waals surface area contributed by atoms with E-state index in [9.17, 15) is 10.1 Å². The van der Waals surface area contributed by atoms with Gasteiger partial charge in [-0.2, -0.15) is 0 Å². The van der Waals surface area contributed by atoms with E-state index in [0.717, 1.165) is 11.3 Å². The normalized spacial score (nSPS) is 11.5. The average Bonchev–Trinajstić information content (AvgIpc) is 2.75. The lowest BCUT2D eigenvalue weighted by molar-refractivity contribution is -0.425. The Morgan fingerprint density at radius 1 is 1.44 bits per heavy atom. The van der Waals surface area contributed by atoms with Crippen molar-refractivity contribution in [3.63, 3.8) is 0 Å². The highest BCUT2D eigenvalue weighted by molar-refractivity contribution is 5.47. The van der Waals surface area contributed by atoms with E-state index in [4.69, 9.17) is 0 Å². The van der Waals surface area contributed by atoms with Gasteiger partial charge in [0.1, 0.15) is 0 Å². The highest BCUT2D eigenvalue weighted by Gasteiger charge is 2.12. The molecule has 0 amide bonds. The van der Waals surface area contributed by atoms with Gasteiger partial charge in [-0.1, -0.05) is 30.3 Å². The first-order chi connectivity index (χ1) is 8.66. The van der Waals surface area contributed by atoms with E-state index < -0.39 is 0 Å². The van der Waals surface area contributed by atoms with Gasteiger partial charge >= 0.3 is 0 Å². The maximum atomic E-state index is 11.0. The number of nitrogens with zero attached hydrogens (tertiary/aromatic N) is 3. The van der Waals surface area contributed by atoms with Crippen LogP contribution in [0.2, 0.25) is 0 Å². The predicted octanol–water partition coefficient (Wildman–Crippen LogP) is 2.28. The Labute approximate surface area is 105 Å². The summed E-state index contributed by atoms with van der Waals surface area (Å²) in [7, 11) is 1.80. The Balaban J connectivity index is 2.27. The summed E-state index contributed by atoms with van der Waals surface area (Å²) < 4.78 is 1.74. The van der Waals surface area contributed by atoms with Crippen molar-refractivity contribution in [1.29, 1.82) is 0 Å². The molecule has 0 atom stereocenters. The monoisotopic (exact) mass is 243 g/mol. The van der Waals surface area contributed by atoms with Crippen LogP contribution in [0.1, 0.15) is 11.3 Å². The highest BCUT2D eigenvalue weighted by atomic mass is 16.6. The minimum absolute atomic E-state index is 0.157. The Morgan fingerprint density at radius 2 is 2.17 bits per heavy atom. The first-order valence-corrected chi connectivity index (χ1v) is 5.52. The van der Waals surface area contributed by atoms with Crippen LogP contribution in [0.3, 0.4) is 0 Å². The van der Waals surface area contributed by atoms with Gasteiger partial charge < -0.3 is 4.57 Å². The Hall–Kier alpha value is -2.43. The summed E-state index contributed by atoms with van der Waals surface area (Å²) in [6.45, 7) is 0. The molecule has 0 aliphatic rings. The van der Waals surface area contributed by atoms with Crippen LogP contribution in [-0.2, 0) is 13.5 Å². The SMILES string of the molecule is Cn1cncc1C=C(Cc1ccccc1)[N+](=O)[O-]. The number of hydrogen-bond acceptors (Lipinski definition) is 3. The minimum Gasteiger partial charge on any atom is -0.334 e. The van der Waals surface area contributed by atoms with Gasteiger partial charge in [-0.15, -0.1) is 0 Å². The molecule has 1 aromatic heterocycles. The van der Waals surface area contributed by atoms with Crippen molar-refractivity contribution >= 4 is 6.08 Å². The molecule has 0 aliphatic heterocycles.